The third kappa shape index (κ3) is 9.54. The Morgan fingerprint density at radius 3 is 0.865 bits per heavy atom. The van der Waals surface area contributed by atoms with Gasteiger partial charge in [0.05, 0.1) is 0 Å². The van der Waals surface area contributed by atoms with Crippen LogP contribution < -0.4 is 0 Å². The van der Waals surface area contributed by atoms with Crippen molar-refractivity contribution in [2.75, 3.05) is 0 Å². The van der Waals surface area contributed by atoms with Gasteiger partial charge < -0.3 is 0 Å². The molecule has 0 N–H and O–H groups in total. The zero-order valence-electron chi connectivity index (χ0n) is 57.0. The van der Waals surface area contributed by atoms with Gasteiger partial charge in [0.1, 0.15) is 0 Å². The molecule has 22 aromatic carbocycles. The van der Waals surface area contributed by atoms with Gasteiger partial charge in [-0.05, 0) is 260 Å². The highest BCUT2D eigenvalue weighted by Gasteiger charge is 2.22. The summed E-state index contributed by atoms with van der Waals surface area (Å²) >= 11 is 0. The summed E-state index contributed by atoms with van der Waals surface area (Å²) in [7, 11) is 0. The van der Waals surface area contributed by atoms with E-state index in [1.807, 2.05) is 0 Å². The Morgan fingerprint density at radius 2 is 0.375 bits per heavy atom. The van der Waals surface area contributed by atoms with Crippen LogP contribution in [0.4, 0.5) is 0 Å². The first-order valence-corrected chi connectivity index (χ1v) is 36.2. The van der Waals surface area contributed by atoms with Crippen molar-refractivity contribution in [1.29, 1.82) is 0 Å². The Morgan fingerprint density at radius 1 is 0.0962 bits per heavy atom. The summed E-state index contributed by atoms with van der Waals surface area (Å²) in [6, 6.07) is 144. The summed E-state index contributed by atoms with van der Waals surface area (Å²) in [5, 5.41) is 35.8. The minimum atomic E-state index is 1.23. The standard InChI is InChI=1S/C56H34.C48H30/c1-3-15-41-36(13-1)29-30-47-44-18-6-7-19-45(44)52(34-53(41)47)38-27-25-35-26-28-39(32-40(35)31-38)55-48-21-9-11-23-50(48)56(51-24-12-10-22-49(51)55)54-33-37-14-2-4-16-42(37)43-17-5-8-20-46(43)54;1-2-12-31(13-3-1)33-24-22-32-23-25-34(29-36(32)28-33)47-42-18-8-10-20-44(42)48(45-21-11-9-19-43(45)47)35-26-27-41-39-16-5-4-14-37(39)38-15-6-7-17-40(38)46(41)30-35/h1-34H;1-30H. The predicted molar refractivity (Wildman–Crippen MR) is 451 cm³/mol. The molecule has 0 heteroatoms. The normalized spacial score (nSPS) is 11.8. The molecule has 480 valence electrons. The van der Waals surface area contributed by atoms with E-state index in [-0.39, 0.29) is 0 Å². The molecule has 0 amide bonds. The van der Waals surface area contributed by atoms with E-state index in [0.717, 1.165) is 0 Å². The topological polar surface area (TPSA) is 0 Å². The molecule has 22 rings (SSSR count). The van der Waals surface area contributed by atoms with Crippen LogP contribution in [0.5, 0.6) is 0 Å². The number of hydrogen-bond donors (Lipinski definition) is 0. The van der Waals surface area contributed by atoms with Gasteiger partial charge in [0.15, 0.2) is 0 Å². The van der Waals surface area contributed by atoms with Crippen molar-refractivity contribution in [3.63, 3.8) is 0 Å². The second-order valence-corrected chi connectivity index (χ2v) is 28.0. The average Bonchev–Trinajstić information content (AvgIpc) is 0.733. The summed E-state index contributed by atoms with van der Waals surface area (Å²) in [5.74, 6) is 0. The van der Waals surface area contributed by atoms with Crippen molar-refractivity contribution < 1.29 is 0 Å². The van der Waals surface area contributed by atoms with Crippen LogP contribution in [0.2, 0.25) is 0 Å². The fourth-order valence-corrected chi connectivity index (χ4v) is 17.7. The van der Waals surface area contributed by atoms with E-state index in [0.29, 0.717) is 0 Å². The van der Waals surface area contributed by atoms with Crippen LogP contribution >= 0.6 is 0 Å². The van der Waals surface area contributed by atoms with E-state index in [1.165, 1.54) is 218 Å². The molecule has 0 bridgehead atoms. The van der Waals surface area contributed by atoms with Gasteiger partial charge >= 0.3 is 0 Å². The highest BCUT2D eigenvalue weighted by molar-refractivity contribution is 6.30. The Balaban J connectivity index is 0.000000136. The molecule has 0 aromatic heterocycles. The van der Waals surface area contributed by atoms with Gasteiger partial charge in [0.2, 0.25) is 0 Å². The molecule has 0 aliphatic rings. The third-order valence-corrected chi connectivity index (χ3v) is 22.4. The summed E-state index contributed by atoms with van der Waals surface area (Å²) < 4.78 is 0. The van der Waals surface area contributed by atoms with E-state index in [9.17, 15) is 0 Å². The zero-order valence-corrected chi connectivity index (χ0v) is 57.0. The van der Waals surface area contributed by atoms with Crippen LogP contribution in [0.25, 0.3) is 218 Å². The van der Waals surface area contributed by atoms with E-state index in [1.54, 1.807) is 0 Å². The molecule has 104 heavy (non-hydrogen) atoms. The molecule has 0 aliphatic heterocycles. The molecule has 0 atom stereocenters. The van der Waals surface area contributed by atoms with Crippen molar-refractivity contribution in [3.05, 3.63) is 388 Å². The maximum Gasteiger partial charge on any atom is -0.00199 e. The zero-order chi connectivity index (χ0) is 68.3. The molecule has 0 nitrogen and oxygen atoms in total. The Labute approximate surface area is 601 Å². The van der Waals surface area contributed by atoms with Crippen molar-refractivity contribution in [2.24, 2.45) is 0 Å². The van der Waals surface area contributed by atoms with Gasteiger partial charge in [0, 0.05) is 0 Å². The molecule has 0 heterocycles. The highest BCUT2D eigenvalue weighted by atomic mass is 14.3. The fourth-order valence-electron chi connectivity index (χ4n) is 17.7. The lowest BCUT2D eigenvalue weighted by Crippen LogP contribution is -1.92. The summed E-state index contributed by atoms with van der Waals surface area (Å²) in [6.07, 6.45) is 0. The molecule has 0 spiro atoms. The van der Waals surface area contributed by atoms with E-state index in [4.69, 9.17) is 0 Å². The average molecular weight is 1310 g/mol. The van der Waals surface area contributed by atoms with Crippen LogP contribution in [0.1, 0.15) is 0 Å². The Hall–Kier alpha value is -13.5. The lowest BCUT2D eigenvalue weighted by molar-refractivity contribution is 1.64. The van der Waals surface area contributed by atoms with E-state index >= 15 is 0 Å². The van der Waals surface area contributed by atoms with Crippen LogP contribution in [0, 0.1) is 0 Å². The van der Waals surface area contributed by atoms with Crippen LogP contribution in [-0.4, -0.2) is 0 Å². The predicted octanol–water partition coefficient (Wildman–Crippen LogP) is 29.5. The van der Waals surface area contributed by atoms with Crippen molar-refractivity contribution in [2.45, 2.75) is 0 Å². The van der Waals surface area contributed by atoms with Gasteiger partial charge in [-0.2, -0.15) is 0 Å². The molecule has 22 aromatic rings. The minimum Gasteiger partial charge on any atom is -0.0622 e. The summed E-state index contributed by atoms with van der Waals surface area (Å²) in [5.41, 5.74) is 15.1. The second kappa shape index (κ2) is 24.1. The van der Waals surface area contributed by atoms with Gasteiger partial charge in [0.25, 0.3) is 0 Å². The van der Waals surface area contributed by atoms with Crippen LogP contribution in [0.3, 0.4) is 0 Å². The van der Waals surface area contributed by atoms with Crippen molar-refractivity contribution >= 4 is 151 Å². The highest BCUT2D eigenvalue weighted by Crippen LogP contribution is 2.50. The van der Waals surface area contributed by atoms with Crippen LogP contribution in [0.15, 0.2) is 388 Å². The van der Waals surface area contributed by atoms with Crippen molar-refractivity contribution in [3.8, 4) is 66.8 Å². The molecular weight excluding hydrogens is 1250 g/mol. The van der Waals surface area contributed by atoms with E-state index < -0.39 is 0 Å². The first kappa shape index (κ1) is 59.4. The number of fused-ring (bicyclic) bond motifs is 20. The monoisotopic (exact) mass is 1310 g/mol. The molecule has 0 radical (unpaired) electrons. The van der Waals surface area contributed by atoms with Crippen LogP contribution in [-0.2, 0) is 0 Å². The molecule has 0 saturated carbocycles. The Kier molecular flexibility index (Phi) is 13.8. The Bertz CT molecular complexity index is 7190. The quantitative estimate of drug-likeness (QED) is 0.115. The molecule has 0 unspecified atom stereocenters. The lowest BCUT2D eigenvalue weighted by atomic mass is 9.83. The summed E-state index contributed by atoms with van der Waals surface area (Å²) in [6.45, 7) is 0. The third-order valence-electron chi connectivity index (χ3n) is 22.4. The van der Waals surface area contributed by atoms with Gasteiger partial charge in [-0.1, -0.05) is 346 Å². The SMILES string of the molecule is c1ccc(-c2ccc3ccc(-c4c5ccccc5c(-c5ccc6c7ccccc7c7ccccc7c6c5)c5ccccc45)cc3c2)cc1.c1ccc2c(c1)cc(-c1c3ccccc3c(-c3ccc4ccc(-c5cc6c7ccccc7ccc6c6ccccc56)cc4c3)c3ccccc13)c1ccccc12. The molecule has 0 fully saturated rings. The van der Waals surface area contributed by atoms with Gasteiger partial charge in [-0.3, -0.25) is 0 Å². The second-order valence-electron chi connectivity index (χ2n) is 28.0. The number of hydrogen-bond acceptors (Lipinski definition) is 0. The lowest BCUT2D eigenvalue weighted by Gasteiger charge is -2.20. The maximum absolute atomic E-state index is 2.43. The minimum absolute atomic E-state index is 1.23. The number of rotatable bonds is 6. The van der Waals surface area contributed by atoms with Gasteiger partial charge in [-0.15, -0.1) is 0 Å². The first-order valence-electron chi connectivity index (χ1n) is 36.2. The largest absolute Gasteiger partial charge is 0.0622 e. The molecule has 0 aliphatic carbocycles. The maximum atomic E-state index is 2.43. The van der Waals surface area contributed by atoms with E-state index in [2.05, 4.69) is 388 Å². The number of benzene rings is 22. The molecular formula is C104H64. The van der Waals surface area contributed by atoms with Crippen molar-refractivity contribution in [1.82, 2.24) is 0 Å². The smallest absolute Gasteiger partial charge is 0.00199 e. The summed E-state index contributed by atoms with van der Waals surface area (Å²) in [4.78, 5) is 0. The fraction of sp³-hybridized carbons (Fsp3) is 0. The first-order chi connectivity index (χ1) is 51.6. The molecule has 0 saturated heterocycles. The van der Waals surface area contributed by atoms with Gasteiger partial charge in [-0.25, -0.2) is 0 Å².